The molecule has 0 aromatic rings. The van der Waals surface area contributed by atoms with Gasteiger partial charge in [0.1, 0.15) is 0 Å². The standard InChI is InChI=1S/C11H25NO2/c1-4-11(2,10-12)6-5-7-14-9-8-13-3/h4-10,12H2,1-3H3. The largest absolute Gasteiger partial charge is 0.382 e. The van der Waals surface area contributed by atoms with E-state index in [1.807, 2.05) is 0 Å². The van der Waals surface area contributed by atoms with E-state index in [9.17, 15) is 0 Å². The molecule has 1 unspecified atom stereocenters. The van der Waals surface area contributed by atoms with Crippen LogP contribution in [0, 0.1) is 5.41 Å². The van der Waals surface area contributed by atoms with Gasteiger partial charge in [0.25, 0.3) is 0 Å². The summed E-state index contributed by atoms with van der Waals surface area (Å²) in [4.78, 5) is 0. The van der Waals surface area contributed by atoms with Gasteiger partial charge in [0.15, 0.2) is 0 Å². The van der Waals surface area contributed by atoms with E-state index in [2.05, 4.69) is 13.8 Å². The van der Waals surface area contributed by atoms with E-state index < -0.39 is 0 Å². The number of hydrogen-bond donors (Lipinski definition) is 1. The van der Waals surface area contributed by atoms with E-state index in [4.69, 9.17) is 15.2 Å². The lowest BCUT2D eigenvalue weighted by atomic mass is 9.83. The molecule has 3 heteroatoms. The molecular formula is C11H25NO2. The highest BCUT2D eigenvalue weighted by atomic mass is 16.5. The maximum absolute atomic E-state index is 5.72. The maximum Gasteiger partial charge on any atom is 0.0700 e. The van der Waals surface area contributed by atoms with Crippen LogP contribution in [0.5, 0.6) is 0 Å². The van der Waals surface area contributed by atoms with Gasteiger partial charge in [-0.2, -0.15) is 0 Å². The molecule has 2 N–H and O–H groups in total. The Balaban J connectivity index is 3.34. The lowest BCUT2D eigenvalue weighted by molar-refractivity contribution is 0.0643. The third-order valence-corrected chi connectivity index (χ3v) is 2.85. The molecule has 0 saturated carbocycles. The summed E-state index contributed by atoms with van der Waals surface area (Å²) >= 11 is 0. The first kappa shape index (κ1) is 13.9. The third kappa shape index (κ3) is 6.35. The van der Waals surface area contributed by atoms with Crippen LogP contribution in [0.1, 0.15) is 33.1 Å². The van der Waals surface area contributed by atoms with Gasteiger partial charge in [-0.05, 0) is 31.2 Å². The van der Waals surface area contributed by atoms with Crippen LogP contribution >= 0.6 is 0 Å². The first-order valence-electron chi connectivity index (χ1n) is 5.45. The highest BCUT2D eigenvalue weighted by Gasteiger charge is 2.18. The number of methoxy groups -OCH3 is 1. The molecule has 0 saturated heterocycles. The molecule has 14 heavy (non-hydrogen) atoms. The Bertz CT molecular complexity index is 124. The average molecular weight is 203 g/mol. The van der Waals surface area contributed by atoms with Crippen molar-refractivity contribution in [1.29, 1.82) is 0 Å². The van der Waals surface area contributed by atoms with E-state index >= 15 is 0 Å². The normalized spacial score (nSPS) is 15.4. The van der Waals surface area contributed by atoms with Gasteiger partial charge < -0.3 is 15.2 Å². The van der Waals surface area contributed by atoms with E-state index in [1.165, 1.54) is 0 Å². The molecule has 0 aromatic carbocycles. The van der Waals surface area contributed by atoms with Crippen molar-refractivity contribution in [3.8, 4) is 0 Å². The van der Waals surface area contributed by atoms with Crippen LogP contribution in [0.4, 0.5) is 0 Å². The van der Waals surface area contributed by atoms with Crippen molar-refractivity contribution in [3.63, 3.8) is 0 Å². The van der Waals surface area contributed by atoms with Gasteiger partial charge in [0.05, 0.1) is 13.2 Å². The van der Waals surface area contributed by atoms with Crippen molar-refractivity contribution < 1.29 is 9.47 Å². The van der Waals surface area contributed by atoms with Crippen molar-refractivity contribution in [2.45, 2.75) is 33.1 Å². The van der Waals surface area contributed by atoms with Crippen LogP contribution in [-0.2, 0) is 9.47 Å². The van der Waals surface area contributed by atoms with Crippen LogP contribution < -0.4 is 5.73 Å². The first-order valence-corrected chi connectivity index (χ1v) is 5.45. The molecule has 0 radical (unpaired) electrons. The molecule has 1 atom stereocenters. The van der Waals surface area contributed by atoms with Crippen molar-refractivity contribution in [3.05, 3.63) is 0 Å². The molecular weight excluding hydrogens is 178 g/mol. The summed E-state index contributed by atoms with van der Waals surface area (Å²) in [5.41, 5.74) is 6.02. The molecule has 0 aliphatic rings. The quantitative estimate of drug-likeness (QED) is 0.581. The van der Waals surface area contributed by atoms with Crippen molar-refractivity contribution >= 4 is 0 Å². The van der Waals surface area contributed by atoms with Crippen LogP contribution in [0.25, 0.3) is 0 Å². The Hall–Kier alpha value is -0.120. The van der Waals surface area contributed by atoms with E-state index in [1.54, 1.807) is 7.11 Å². The molecule has 0 rings (SSSR count). The summed E-state index contributed by atoms with van der Waals surface area (Å²) in [5, 5.41) is 0. The van der Waals surface area contributed by atoms with Crippen LogP contribution in [0.3, 0.4) is 0 Å². The zero-order valence-corrected chi connectivity index (χ0v) is 9.84. The topological polar surface area (TPSA) is 44.5 Å². The minimum Gasteiger partial charge on any atom is -0.382 e. The number of hydrogen-bond acceptors (Lipinski definition) is 3. The number of nitrogens with two attached hydrogens (primary N) is 1. The van der Waals surface area contributed by atoms with Gasteiger partial charge >= 0.3 is 0 Å². The fraction of sp³-hybridized carbons (Fsp3) is 1.00. The Labute approximate surface area is 88.0 Å². The van der Waals surface area contributed by atoms with Crippen LogP contribution in [0.2, 0.25) is 0 Å². The van der Waals surface area contributed by atoms with Gasteiger partial charge in [-0.1, -0.05) is 13.8 Å². The fourth-order valence-electron chi connectivity index (χ4n) is 1.27. The van der Waals surface area contributed by atoms with Crippen molar-refractivity contribution in [2.24, 2.45) is 11.1 Å². The first-order chi connectivity index (χ1) is 6.68. The van der Waals surface area contributed by atoms with Crippen molar-refractivity contribution in [2.75, 3.05) is 33.5 Å². The minimum absolute atomic E-state index is 0.296. The predicted octanol–water partition coefficient (Wildman–Crippen LogP) is 1.80. The lowest BCUT2D eigenvalue weighted by Gasteiger charge is -2.26. The second kappa shape index (κ2) is 8.21. The molecule has 0 spiro atoms. The third-order valence-electron chi connectivity index (χ3n) is 2.85. The highest BCUT2D eigenvalue weighted by Crippen LogP contribution is 2.25. The molecule has 86 valence electrons. The second-order valence-electron chi connectivity index (χ2n) is 4.08. The zero-order chi connectivity index (χ0) is 10.9. The molecule has 0 aromatic heterocycles. The van der Waals surface area contributed by atoms with Gasteiger partial charge in [0, 0.05) is 13.7 Å². The highest BCUT2D eigenvalue weighted by molar-refractivity contribution is 4.72. The number of ether oxygens (including phenoxy) is 2. The smallest absolute Gasteiger partial charge is 0.0700 e. The van der Waals surface area contributed by atoms with Crippen LogP contribution in [-0.4, -0.2) is 33.5 Å². The zero-order valence-electron chi connectivity index (χ0n) is 9.84. The Morgan fingerprint density at radius 3 is 2.43 bits per heavy atom. The molecule has 0 aliphatic heterocycles. The van der Waals surface area contributed by atoms with Gasteiger partial charge in [0.2, 0.25) is 0 Å². The molecule has 3 nitrogen and oxygen atoms in total. The predicted molar refractivity (Wildman–Crippen MR) is 59.4 cm³/mol. The van der Waals surface area contributed by atoms with Gasteiger partial charge in [-0.15, -0.1) is 0 Å². The summed E-state index contributed by atoms with van der Waals surface area (Å²) in [6, 6.07) is 0. The van der Waals surface area contributed by atoms with E-state index in [0.717, 1.165) is 32.4 Å². The lowest BCUT2D eigenvalue weighted by Crippen LogP contribution is -2.26. The second-order valence-corrected chi connectivity index (χ2v) is 4.08. The number of rotatable bonds is 9. The van der Waals surface area contributed by atoms with E-state index in [-0.39, 0.29) is 0 Å². The summed E-state index contributed by atoms with van der Waals surface area (Å²) < 4.78 is 10.3. The Morgan fingerprint density at radius 1 is 1.21 bits per heavy atom. The summed E-state index contributed by atoms with van der Waals surface area (Å²) in [6.45, 7) is 7.39. The summed E-state index contributed by atoms with van der Waals surface area (Å²) in [6.07, 6.45) is 3.37. The molecule has 0 amide bonds. The average Bonchev–Trinajstić information content (AvgIpc) is 2.23. The Morgan fingerprint density at radius 2 is 1.93 bits per heavy atom. The summed E-state index contributed by atoms with van der Waals surface area (Å²) in [7, 11) is 1.69. The molecule has 0 bridgehead atoms. The molecule has 0 fully saturated rings. The summed E-state index contributed by atoms with van der Waals surface area (Å²) in [5.74, 6) is 0. The maximum atomic E-state index is 5.72. The van der Waals surface area contributed by atoms with E-state index in [0.29, 0.717) is 18.6 Å². The minimum atomic E-state index is 0.296. The SMILES string of the molecule is CCC(C)(CN)CCCOCCOC. The Kier molecular flexibility index (Phi) is 8.14. The molecule has 0 aliphatic carbocycles. The van der Waals surface area contributed by atoms with Crippen molar-refractivity contribution in [1.82, 2.24) is 0 Å². The monoisotopic (exact) mass is 203 g/mol. The van der Waals surface area contributed by atoms with Gasteiger partial charge in [-0.3, -0.25) is 0 Å². The van der Waals surface area contributed by atoms with Gasteiger partial charge in [-0.25, -0.2) is 0 Å². The van der Waals surface area contributed by atoms with Crippen LogP contribution in [0.15, 0.2) is 0 Å². The fourth-order valence-corrected chi connectivity index (χ4v) is 1.27. The molecule has 0 heterocycles.